The van der Waals surface area contributed by atoms with Crippen LogP contribution in [0.1, 0.15) is 20.8 Å². The van der Waals surface area contributed by atoms with Crippen molar-refractivity contribution in [1.29, 1.82) is 0 Å². The highest BCUT2D eigenvalue weighted by Crippen LogP contribution is 2.10. The molecule has 0 saturated carbocycles. The minimum Gasteiger partial charge on any atom is -0.457 e. The van der Waals surface area contributed by atoms with Crippen molar-refractivity contribution in [3.8, 4) is 0 Å². The zero-order chi connectivity index (χ0) is 11.2. The van der Waals surface area contributed by atoms with E-state index in [-0.39, 0.29) is 19.0 Å². The lowest BCUT2D eigenvalue weighted by molar-refractivity contribution is -0.151. The normalized spacial score (nSPS) is 11.1. The highest BCUT2D eigenvalue weighted by molar-refractivity contribution is 5.88. The van der Waals surface area contributed by atoms with Crippen LogP contribution in [0, 0.1) is 0 Å². The molecule has 0 aromatic heterocycles. The van der Waals surface area contributed by atoms with Gasteiger partial charge in [0.25, 0.3) is 0 Å². The Hall–Kier alpha value is -0.870. The van der Waals surface area contributed by atoms with Crippen molar-refractivity contribution in [2.75, 3.05) is 20.5 Å². The maximum Gasteiger partial charge on any atom is 0.336 e. The second-order valence-electron chi connectivity index (χ2n) is 3.86. The molecule has 0 fully saturated rings. The number of esters is 1. The Kier molecular flexibility index (Phi) is 5.42. The molecular weight excluding hydrogens is 184 g/mol. The van der Waals surface area contributed by atoms with Gasteiger partial charge in [0, 0.05) is 7.11 Å². The summed E-state index contributed by atoms with van der Waals surface area (Å²) in [4.78, 5) is 11.3. The fourth-order valence-electron chi connectivity index (χ4n) is 0.657. The van der Waals surface area contributed by atoms with Gasteiger partial charge in [0.15, 0.2) is 0 Å². The molecule has 0 rings (SSSR count). The first-order chi connectivity index (χ1) is 6.37. The summed E-state index contributed by atoms with van der Waals surface area (Å²) >= 11 is 0. The lowest BCUT2D eigenvalue weighted by atomic mass is 10.2. The Balaban J connectivity index is 3.83. The summed E-state index contributed by atoms with van der Waals surface area (Å²) in [6.45, 7) is 9.22. The maximum atomic E-state index is 11.3. The van der Waals surface area contributed by atoms with E-state index >= 15 is 0 Å². The molecule has 0 aliphatic rings. The molecule has 0 unspecified atom stereocenters. The van der Waals surface area contributed by atoms with E-state index in [2.05, 4.69) is 11.3 Å². The van der Waals surface area contributed by atoms with Gasteiger partial charge in [0.1, 0.15) is 12.4 Å². The quantitative estimate of drug-likeness (QED) is 0.293. The SMILES string of the molecule is C=C(COCOC)C(=O)OC(C)(C)C. The standard InChI is InChI=1S/C10H18O4/c1-8(6-13-7-12-5)9(11)14-10(2,3)4/h1,6-7H2,2-5H3. The van der Waals surface area contributed by atoms with Crippen molar-refractivity contribution in [3.05, 3.63) is 12.2 Å². The topological polar surface area (TPSA) is 44.8 Å². The fraction of sp³-hybridized carbons (Fsp3) is 0.700. The van der Waals surface area contributed by atoms with Gasteiger partial charge in [-0.25, -0.2) is 4.79 Å². The Labute approximate surface area is 84.8 Å². The molecule has 0 aromatic carbocycles. The zero-order valence-electron chi connectivity index (χ0n) is 9.25. The number of methoxy groups -OCH3 is 1. The second-order valence-corrected chi connectivity index (χ2v) is 3.86. The molecule has 0 aromatic rings. The van der Waals surface area contributed by atoms with Crippen LogP contribution in [0.3, 0.4) is 0 Å². The van der Waals surface area contributed by atoms with Gasteiger partial charge < -0.3 is 14.2 Å². The third kappa shape index (κ3) is 6.62. The molecule has 0 aliphatic carbocycles. The number of hydrogen-bond acceptors (Lipinski definition) is 4. The first-order valence-electron chi connectivity index (χ1n) is 4.34. The monoisotopic (exact) mass is 202 g/mol. The van der Waals surface area contributed by atoms with Gasteiger partial charge in [0.05, 0.1) is 12.2 Å². The smallest absolute Gasteiger partial charge is 0.336 e. The van der Waals surface area contributed by atoms with E-state index in [1.165, 1.54) is 7.11 Å². The number of rotatable bonds is 5. The van der Waals surface area contributed by atoms with Crippen molar-refractivity contribution in [2.45, 2.75) is 26.4 Å². The molecule has 4 heteroatoms. The Bertz CT molecular complexity index is 203. The van der Waals surface area contributed by atoms with Crippen LogP contribution in [-0.4, -0.2) is 32.1 Å². The van der Waals surface area contributed by atoms with Crippen molar-refractivity contribution >= 4 is 5.97 Å². The number of hydrogen-bond donors (Lipinski definition) is 0. The van der Waals surface area contributed by atoms with E-state index in [0.29, 0.717) is 0 Å². The van der Waals surface area contributed by atoms with E-state index in [1.807, 2.05) is 0 Å². The number of carbonyl (C=O) groups excluding carboxylic acids is 1. The predicted octanol–water partition coefficient (Wildman–Crippen LogP) is 1.50. The lowest BCUT2D eigenvalue weighted by Gasteiger charge is -2.20. The van der Waals surface area contributed by atoms with Crippen molar-refractivity contribution < 1.29 is 19.0 Å². The van der Waals surface area contributed by atoms with Gasteiger partial charge in [-0.1, -0.05) is 6.58 Å². The van der Waals surface area contributed by atoms with Crippen LogP contribution in [-0.2, 0) is 19.0 Å². The summed E-state index contributed by atoms with van der Waals surface area (Å²) in [6, 6.07) is 0. The van der Waals surface area contributed by atoms with E-state index < -0.39 is 11.6 Å². The summed E-state index contributed by atoms with van der Waals surface area (Å²) in [5, 5.41) is 0. The van der Waals surface area contributed by atoms with E-state index in [1.54, 1.807) is 20.8 Å². The first-order valence-corrected chi connectivity index (χ1v) is 4.34. The van der Waals surface area contributed by atoms with Gasteiger partial charge in [0.2, 0.25) is 0 Å². The Morgan fingerprint density at radius 2 is 1.93 bits per heavy atom. The minimum atomic E-state index is -0.499. The molecule has 14 heavy (non-hydrogen) atoms. The maximum absolute atomic E-state index is 11.3. The lowest BCUT2D eigenvalue weighted by Crippen LogP contribution is -2.25. The average molecular weight is 202 g/mol. The molecule has 0 N–H and O–H groups in total. The van der Waals surface area contributed by atoms with Gasteiger partial charge in [-0.05, 0) is 20.8 Å². The van der Waals surface area contributed by atoms with Crippen LogP contribution in [0.15, 0.2) is 12.2 Å². The summed E-state index contributed by atoms with van der Waals surface area (Å²) < 4.78 is 14.7. The average Bonchev–Trinajstić information content (AvgIpc) is 2.01. The molecule has 0 saturated heterocycles. The molecule has 0 amide bonds. The summed E-state index contributed by atoms with van der Waals surface area (Å²) in [6.07, 6.45) is 0. The molecule has 0 spiro atoms. The largest absolute Gasteiger partial charge is 0.457 e. The molecule has 0 radical (unpaired) electrons. The Morgan fingerprint density at radius 3 is 2.36 bits per heavy atom. The van der Waals surface area contributed by atoms with Gasteiger partial charge in [-0.3, -0.25) is 0 Å². The Morgan fingerprint density at radius 1 is 1.36 bits per heavy atom. The first kappa shape index (κ1) is 13.1. The van der Waals surface area contributed by atoms with E-state index in [4.69, 9.17) is 9.47 Å². The number of ether oxygens (including phenoxy) is 3. The summed E-state index contributed by atoms with van der Waals surface area (Å²) in [5.74, 6) is -0.436. The highest BCUT2D eigenvalue weighted by Gasteiger charge is 2.18. The third-order valence-corrected chi connectivity index (χ3v) is 1.17. The molecule has 0 bridgehead atoms. The van der Waals surface area contributed by atoms with Crippen LogP contribution in [0.25, 0.3) is 0 Å². The van der Waals surface area contributed by atoms with Crippen LogP contribution < -0.4 is 0 Å². The van der Waals surface area contributed by atoms with Crippen LogP contribution in [0.5, 0.6) is 0 Å². The van der Waals surface area contributed by atoms with E-state index in [0.717, 1.165) is 0 Å². The van der Waals surface area contributed by atoms with E-state index in [9.17, 15) is 4.79 Å². The third-order valence-electron chi connectivity index (χ3n) is 1.17. The minimum absolute atomic E-state index is 0.128. The van der Waals surface area contributed by atoms with Crippen LogP contribution >= 0.6 is 0 Å². The van der Waals surface area contributed by atoms with Gasteiger partial charge in [-0.2, -0.15) is 0 Å². The van der Waals surface area contributed by atoms with Crippen molar-refractivity contribution in [3.63, 3.8) is 0 Å². The molecule has 4 nitrogen and oxygen atoms in total. The van der Waals surface area contributed by atoms with Crippen molar-refractivity contribution in [1.82, 2.24) is 0 Å². The van der Waals surface area contributed by atoms with Crippen LogP contribution in [0.2, 0.25) is 0 Å². The predicted molar refractivity (Wildman–Crippen MR) is 52.8 cm³/mol. The van der Waals surface area contributed by atoms with Crippen LogP contribution in [0.4, 0.5) is 0 Å². The molecule has 0 aliphatic heterocycles. The van der Waals surface area contributed by atoms with Gasteiger partial charge in [-0.15, -0.1) is 0 Å². The number of carbonyl (C=O) groups is 1. The summed E-state index contributed by atoms with van der Waals surface area (Å²) in [7, 11) is 1.51. The highest BCUT2D eigenvalue weighted by atomic mass is 16.7. The zero-order valence-corrected chi connectivity index (χ0v) is 9.25. The molecule has 0 heterocycles. The van der Waals surface area contributed by atoms with Gasteiger partial charge >= 0.3 is 5.97 Å². The summed E-state index contributed by atoms with van der Waals surface area (Å²) in [5.41, 5.74) is -0.210. The molecule has 82 valence electrons. The van der Waals surface area contributed by atoms with Crippen molar-refractivity contribution in [2.24, 2.45) is 0 Å². The fourth-order valence-corrected chi connectivity index (χ4v) is 0.657. The molecular formula is C10H18O4. The second kappa shape index (κ2) is 5.78. The molecule has 0 atom stereocenters.